The van der Waals surface area contributed by atoms with E-state index in [4.69, 9.17) is 9.84 Å². The standard InChI is InChI=1S/C16H29N3O/c1-13(12-20-3)10-15(17-2)11-14-8-9-19(18-14)16-6-4-5-7-16/h8-9,13,15-17H,4-7,10-12H2,1-3H3. The van der Waals surface area contributed by atoms with E-state index in [-0.39, 0.29) is 0 Å². The quantitative estimate of drug-likeness (QED) is 0.795. The molecule has 4 heteroatoms. The van der Waals surface area contributed by atoms with Crippen LogP contribution in [0.1, 0.15) is 50.8 Å². The third kappa shape index (κ3) is 4.32. The second-order valence-corrected chi connectivity index (χ2v) is 6.21. The fourth-order valence-electron chi connectivity index (χ4n) is 3.25. The molecular formula is C16H29N3O. The van der Waals surface area contributed by atoms with Crippen LogP contribution < -0.4 is 5.32 Å². The summed E-state index contributed by atoms with van der Waals surface area (Å²) in [4.78, 5) is 0. The minimum Gasteiger partial charge on any atom is -0.384 e. The summed E-state index contributed by atoms with van der Waals surface area (Å²) >= 11 is 0. The minimum absolute atomic E-state index is 0.479. The molecule has 0 spiro atoms. The molecule has 1 heterocycles. The summed E-state index contributed by atoms with van der Waals surface area (Å²) in [6.07, 6.45) is 9.59. The van der Waals surface area contributed by atoms with Crippen molar-refractivity contribution in [2.75, 3.05) is 20.8 Å². The highest BCUT2D eigenvalue weighted by Gasteiger charge is 2.19. The first-order chi connectivity index (χ1) is 9.72. The molecule has 1 fully saturated rings. The molecule has 1 aliphatic carbocycles. The topological polar surface area (TPSA) is 39.1 Å². The van der Waals surface area contributed by atoms with Crippen molar-refractivity contribution in [2.24, 2.45) is 5.92 Å². The van der Waals surface area contributed by atoms with Crippen molar-refractivity contribution in [3.63, 3.8) is 0 Å². The van der Waals surface area contributed by atoms with Gasteiger partial charge in [0.25, 0.3) is 0 Å². The summed E-state index contributed by atoms with van der Waals surface area (Å²) in [5, 5.41) is 8.19. The molecule has 1 N–H and O–H groups in total. The molecule has 4 nitrogen and oxygen atoms in total. The first-order valence-electron chi connectivity index (χ1n) is 7.93. The van der Waals surface area contributed by atoms with Gasteiger partial charge in [-0.25, -0.2) is 0 Å². The van der Waals surface area contributed by atoms with E-state index in [1.807, 2.05) is 7.05 Å². The molecular weight excluding hydrogens is 250 g/mol. The molecule has 0 amide bonds. The Morgan fingerprint density at radius 3 is 2.85 bits per heavy atom. The number of rotatable bonds is 8. The summed E-state index contributed by atoms with van der Waals surface area (Å²) < 4.78 is 7.41. The van der Waals surface area contributed by atoms with E-state index in [1.165, 1.54) is 31.4 Å². The third-order valence-corrected chi connectivity index (χ3v) is 4.36. The Labute approximate surface area is 122 Å². The Balaban J connectivity index is 1.87. The van der Waals surface area contributed by atoms with Gasteiger partial charge >= 0.3 is 0 Å². The van der Waals surface area contributed by atoms with E-state index in [9.17, 15) is 0 Å². The van der Waals surface area contributed by atoms with E-state index in [0.29, 0.717) is 18.0 Å². The molecule has 114 valence electrons. The average molecular weight is 279 g/mol. The van der Waals surface area contributed by atoms with Gasteiger partial charge in [0.05, 0.1) is 11.7 Å². The van der Waals surface area contributed by atoms with Crippen LogP contribution in [0.2, 0.25) is 0 Å². The van der Waals surface area contributed by atoms with Crippen LogP contribution in [0.3, 0.4) is 0 Å². The minimum atomic E-state index is 0.479. The number of aromatic nitrogens is 2. The van der Waals surface area contributed by atoms with Gasteiger partial charge in [-0.3, -0.25) is 4.68 Å². The van der Waals surface area contributed by atoms with Gasteiger partial charge in [0, 0.05) is 32.4 Å². The molecule has 2 unspecified atom stereocenters. The second-order valence-electron chi connectivity index (χ2n) is 6.21. The summed E-state index contributed by atoms with van der Waals surface area (Å²) in [7, 11) is 3.81. The maximum atomic E-state index is 5.22. The lowest BCUT2D eigenvalue weighted by molar-refractivity contribution is 0.150. The van der Waals surface area contributed by atoms with Crippen molar-refractivity contribution in [1.29, 1.82) is 0 Å². The van der Waals surface area contributed by atoms with Crippen LogP contribution in [0.5, 0.6) is 0 Å². The Morgan fingerprint density at radius 1 is 1.45 bits per heavy atom. The highest BCUT2D eigenvalue weighted by atomic mass is 16.5. The number of nitrogens with zero attached hydrogens (tertiary/aromatic N) is 2. The molecule has 0 saturated heterocycles. The third-order valence-electron chi connectivity index (χ3n) is 4.36. The molecule has 1 aromatic rings. The lowest BCUT2D eigenvalue weighted by Gasteiger charge is -2.19. The van der Waals surface area contributed by atoms with Crippen molar-refractivity contribution in [2.45, 2.75) is 57.5 Å². The smallest absolute Gasteiger partial charge is 0.0640 e. The number of methoxy groups -OCH3 is 1. The zero-order valence-electron chi connectivity index (χ0n) is 13.1. The Kier molecular flexibility index (Phi) is 6.05. The summed E-state index contributed by atoms with van der Waals surface area (Å²) in [5.74, 6) is 0.578. The molecule has 1 saturated carbocycles. The molecule has 0 aromatic carbocycles. The largest absolute Gasteiger partial charge is 0.384 e. The van der Waals surface area contributed by atoms with Crippen molar-refractivity contribution >= 4 is 0 Å². The van der Waals surface area contributed by atoms with Crippen molar-refractivity contribution < 1.29 is 4.74 Å². The van der Waals surface area contributed by atoms with Crippen molar-refractivity contribution in [1.82, 2.24) is 15.1 Å². The van der Waals surface area contributed by atoms with Gasteiger partial charge in [-0.15, -0.1) is 0 Å². The van der Waals surface area contributed by atoms with Gasteiger partial charge in [-0.2, -0.15) is 5.10 Å². The predicted molar refractivity (Wildman–Crippen MR) is 81.9 cm³/mol. The summed E-state index contributed by atoms with van der Waals surface area (Å²) in [6, 6.07) is 3.31. The Bertz CT molecular complexity index is 385. The van der Waals surface area contributed by atoms with E-state index in [1.54, 1.807) is 7.11 Å². The molecule has 20 heavy (non-hydrogen) atoms. The SMILES string of the molecule is CNC(Cc1ccn(C2CCCC2)n1)CC(C)COC. The van der Waals surface area contributed by atoms with Crippen LogP contribution in [0.15, 0.2) is 12.3 Å². The average Bonchev–Trinajstić information content (AvgIpc) is 3.08. The maximum absolute atomic E-state index is 5.22. The zero-order valence-corrected chi connectivity index (χ0v) is 13.1. The van der Waals surface area contributed by atoms with E-state index < -0.39 is 0 Å². The molecule has 1 aromatic heterocycles. The normalized spacial score (nSPS) is 19.4. The van der Waals surface area contributed by atoms with Crippen LogP contribution in [0.25, 0.3) is 0 Å². The number of hydrogen-bond acceptors (Lipinski definition) is 3. The highest BCUT2D eigenvalue weighted by Crippen LogP contribution is 2.28. The number of hydrogen-bond donors (Lipinski definition) is 1. The van der Waals surface area contributed by atoms with E-state index in [0.717, 1.165) is 19.4 Å². The van der Waals surface area contributed by atoms with Crippen molar-refractivity contribution in [3.05, 3.63) is 18.0 Å². The van der Waals surface area contributed by atoms with Crippen LogP contribution in [0.4, 0.5) is 0 Å². The van der Waals surface area contributed by atoms with E-state index in [2.05, 4.69) is 29.2 Å². The van der Waals surface area contributed by atoms with Gasteiger partial charge in [0.1, 0.15) is 0 Å². The number of ether oxygens (including phenoxy) is 1. The fourth-order valence-corrected chi connectivity index (χ4v) is 3.25. The molecule has 0 aliphatic heterocycles. The summed E-state index contributed by atoms with van der Waals surface area (Å²) in [5.41, 5.74) is 1.21. The van der Waals surface area contributed by atoms with Crippen molar-refractivity contribution in [3.8, 4) is 0 Å². The lowest BCUT2D eigenvalue weighted by Crippen LogP contribution is -2.30. The zero-order chi connectivity index (χ0) is 14.4. The molecule has 2 atom stereocenters. The van der Waals surface area contributed by atoms with Crippen LogP contribution in [0, 0.1) is 5.92 Å². The maximum Gasteiger partial charge on any atom is 0.0640 e. The van der Waals surface area contributed by atoms with Gasteiger partial charge in [0.15, 0.2) is 0 Å². The Hall–Kier alpha value is -0.870. The Morgan fingerprint density at radius 2 is 2.20 bits per heavy atom. The lowest BCUT2D eigenvalue weighted by atomic mass is 9.99. The van der Waals surface area contributed by atoms with Gasteiger partial charge in [-0.05, 0) is 38.3 Å². The monoisotopic (exact) mass is 279 g/mol. The first-order valence-corrected chi connectivity index (χ1v) is 7.93. The van der Waals surface area contributed by atoms with Gasteiger partial charge in [0.2, 0.25) is 0 Å². The molecule has 0 bridgehead atoms. The highest BCUT2D eigenvalue weighted by molar-refractivity contribution is 5.02. The molecule has 1 aliphatic rings. The van der Waals surface area contributed by atoms with Gasteiger partial charge in [-0.1, -0.05) is 19.8 Å². The number of nitrogens with one attached hydrogen (secondary N) is 1. The molecule has 0 radical (unpaired) electrons. The van der Waals surface area contributed by atoms with E-state index >= 15 is 0 Å². The first kappa shape index (κ1) is 15.5. The predicted octanol–water partition coefficient (Wildman–Crippen LogP) is 2.80. The van der Waals surface area contributed by atoms with Crippen LogP contribution >= 0.6 is 0 Å². The summed E-state index contributed by atoms with van der Waals surface area (Å²) in [6.45, 7) is 3.07. The molecule has 2 rings (SSSR count). The van der Waals surface area contributed by atoms with Crippen LogP contribution in [-0.4, -0.2) is 36.6 Å². The number of likely N-dealkylation sites (N-methyl/N-ethyl adjacent to an activating group) is 1. The van der Waals surface area contributed by atoms with Gasteiger partial charge < -0.3 is 10.1 Å². The fraction of sp³-hybridized carbons (Fsp3) is 0.812. The second kappa shape index (κ2) is 7.79. The van der Waals surface area contributed by atoms with Crippen LogP contribution in [-0.2, 0) is 11.2 Å².